The van der Waals surface area contributed by atoms with Crippen molar-refractivity contribution < 1.29 is 9.53 Å². The van der Waals surface area contributed by atoms with E-state index in [9.17, 15) is 4.79 Å². The number of rotatable bonds is 5. The average Bonchev–Trinajstić information content (AvgIpc) is 2.48. The molecule has 0 unspecified atom stereocenters. The van der Waals surface area contributed by atoms with Crippen LogP contribution in [0.5, 0.6) is 5.75 Å². The molecule has 0 saturated carbocycles. The molecule has 104 valence electrons. The number of halogens is 1. The van der Waals surface area contributed by atoms with Gasteiger partial charge in [-0.05, 0) is 30.7 Å². The van der Waals surface area contributed by atoms with Crippen molar-refractivity contribution in [1.29, 1.82) is 0 Å². The van der Waals surface area contributed by atoms with Gasteiger partial charge in [-0.15, -0.1) is 0 Å². The predicted octanol–water partition coefficient (Wildman–Crippen LogP) is 4.23. The first-order valence-corrected chi connectivity index (χ1v) is 7.55. The molecule has 0 bridgehead atoms. The Morgan fingerprint density at radius 1 is 1.20 bits per heavy atom. The number of carbonyl (C=O) groups excluding carboxylic acids is 1. The van der Waals surface area contributed by atoms with Crippen LogP contribution in [0.3, 0.4) is 0 Å². The summed E-state index contributed by atoms with van der Waals surface area (Å²) < 4.78 is 5.42. The maximum Gasteiger partial charge on any atom is 0.255 e. The number of hydrogen-bond acceptors (Lipinski definition) is 2. The third-order valence-electron chi connectivity index (χ3n) is 2.81. The fourth-order valence-corrected chi connectivity index (χ4v) is 2.38. The first-order chi connectivity index (χ1) is 9.74. The second kappa shape index (κ2) is 7.10. The van der Waals surface area contributed by atoms with Crippen molar-refractivity contribution in [3.05, 3.63) is 59.7 Å². The van der Waals surface area contributed by atoms with E-state index in [-0.39, 0.29) is 5.91 Å². The zero-order chi connectivity index (χ0) is 14.4. The summed E-state index contributed by atoms with van der Waals surface area (Å²) in [7, 11) is 0. The van der Waals surface area contributed by atoms with Crippen LogP contribution in [0.25, 0.3) is 0 Å². The Hall–Kier alpha value is -1.81. The van der Waals surface area contributed by atoms with Crippen LogP contribution in [-0.4, -0.2) is 12.5 Å². The molecule has 4 heteroatoms. The number of alkyl halides is 1. The van der Waals surface area contributed by atoms with Crippen LogP contribution in [-0.2, 0) is 5.33 Å². The molecule has 0 aromatic heterocycles. The maximum atomic E-state index is 12.3. The van der Waals surface area contributed by atoms with Crippen molar-refractivity contribution in [3.8, 4) is 5.75 Å². The minimum absolute atomic E-state index is 0.117. The Balaban J connectivity index is 2.17. The van der Waals surface area contributed by atoms with Crippen molar-refractivity contribution in [2.45, 2.75) is 12.3 Å². The van der Waals surface area contributed by atoms with Crippen molar-refractivity contribution >= 4 is 27.5 Å². The number of carbonyl (C=O) groups is 1. The van der Waals surface area contributed by atoms with Gasteiger partial charge >= 0.3 is 0 Å². The highest BCUT2D eigenvalue weighted by Gasteiger charge is 2.10. The van der Waals surface area contributed by atoms with Crippen molar-refractivity contribution in [1.82, 2.24) is 0 Å². The number of ether oxygens (including phenoxy) is 1. The minimum atomic E-state index is -0.117. The molecule has 20 heavy (non-hydrogen) atoms. The summed E-state index contributed by atoms with van der Waals surface area (Å²) in [4.78, 5) is 12.3. The van der Waals surface area contributed by atoms with E-state index in [2.05, 4.69) is 21.2 Å². The summed E-state index contributed by atoms with van der Waals surface area (Å²) in [6.45, 7) is 2.53. The molecule has 0 atom stereocenters. The van der Waals surface area contributed by atoms with Crippen LogP contribution < -0.4 is 10.1 Å². The first kappa shape index (κ1) is 14.6. The molecule has 0 aliphatic heterocycles. The van der Waals surface area contributed by atoms with Crippen molar-refractivity contribution in [2.75, 3.05) is 11.9 Å². The molecule has 0 heterocycles. The van der Waals surface area contributed by atoms with Gasteiger partial charge in [-0.1, -0.05) is 40.2 Å². The molecular formula is C16H16BrNO2. The van der Waals surface area contributed by atoms with Crippen LogP contribution in [0.1, 0.15) is 22.8 Å². The molecule has 1 N–H and O–H groups in total. The fourth-order valence-electron chi connectivity index (χ4n) is 1.89. The lowest BCUT2D eigenvalue weighted by Crippen LogP contribution is -2.13. The van der Waals surface area contributed by atoms with Gasteiger partial charge in [-0.3, -0.25) is 4.79 Å². The van der Waals surface area contributed by atoms with E-state index in [4.69, 9.17) is 4.74 Å². The second-order valence-corrected chi connectivity index (χ2v) is 4.77. The number of nitrogens with one attached hydrogen (secondary N) is 1. The smallest absolute Gasteiger partial charge is 0.255 e. The van der Waals surface area contributed by atoms with Gasteiger partial charge in [0, 0.05) is 22.6 Å². The quantitative estimate of drug-likeness (QED) is 0.831. The van der Waals surface area contributed by atoms with E-state index < -0.39 is 0 Å². The van der Waals surface area contributed by atoms with Gasteiger partial charge < -0.3 is 10.1 Å². The van der Waals surface area contributed by atoms with E-state index >= 15 is 0 Å². The van der Waals surface area contributed by atoms with E-state index in [0.717, 1.165) is 17.0 Å². The van der Waals surface area contributed by atoms with Gasteiger partial charge in [0.2, 0.25) is 0 Å². The van der Waals surface area contributed by atoms with Crippen LogP contribution in [0, 0.1) is 0 Å². The highest BCUT2D eigenvalue weighted by molar-refractivity contribution is 9.08. The Bertz CT molecular complexity index is 599. The minimum Gasteiger partial charge on any atom is -0.494 e. The van der Waals surface area contributed by atoms with Crippen LogP contribution in [0.4, 0.5) is 5.69 Å². The summed E-state index contributed by atoms with van der Waals surface area (Å²) in [5.41, 5.74) is 2.36. The molecule has 3 nitrogen and oxygen atoms in total. The van der Waals surface area contributed by atoms with Crippen molar-refractivity contribution in [3.63, 3.8) is 0 Å². The van der Waals surface area contributed by atoms with Gasteiger partial charge in [0.15, 0.2) is 0 Å². The molecule has 2 rings (SSSR count). The van der Waals surface area contributed by atoms with Gasteiger partial charge in [-0.2, -0.15) is 0 Å². The monoisotopic (exact) mass is 333 g/mol. The highest BCUT2D eigenvalue weighted by Crippen LogP contribution is 2.19. The van der Waals surface area contributed by atoms with Crippen LogP contribution in [0.15, 0.2) is 48.5 Å². The van der Waals surface area contributed by atoms with Crippen LogP contribution >= 0.6 is 15.9 Å². The summed E-state index contributed by atoms with van der Waals surface area (Å²) in [5, 5.41) is 3.54. The molecule has 0 saturated heterocycles. The second-order valence-electron chi connectivity index (χ2n) is 4.21. The molecular weight excluding hydrogens is 318 g/mol. The normalized spacial score (nSPS) is 10.1. The Kier molecular flexibility index (Phi) is 5.18. The molecule has 2 aromatic rings. The first-order valence-electron chi connectivity index (χ1n) is 6.42. The Labute approximate surface area is 127 Å². The lowest BCUT2D eigenvalue weighted by Gasteiger charge is -2.10. The summed E-state index contributed by atoms with van der Waals surface area (Å²) in [5.74, 6) is 0.632. The topological polar surface area (TPSA) is 38.3 Å². The summed E-state index contributed by atoms with van der Waals surface area (Å²) in [6.07, 6.45) is 0. The molecule has 0 aliphatic rings. The maximum absolute atomic E-state index is 12.3. The molecule has 0 radical (unpaired) electrons. The van der Waals surface area contributed by atoms with Crippen molar-refractivity contribution in [2.24, 2.45) is 0 Å². The number of anilines is 1. The zero-order valence-electron chi connectivity index (χ0n) is 11.2. The fraction of sp³-hybridized carbons (Fsp3) is 0.188. The predicted molar refractivity (Wildman–Crippen MR) is 84.6 cm³/mol. The number of amides is 1. The number of hydrogen-bond donors (Lipinski definition) is 1. The summed E-state index contributed by atoms with van der Waals surface area (Å²) >= 11 is 3.39. The van der Waals surface area contributed by atoms with E-state index in [1.807, 2.05) is 55.5 Å². The molecule has 0 spiro atoms. The Morgan fingerprint density at radius 3 is 2.75 bits per heavy atom. The van der Waals surface area contributed by atoms with Gasteiger partial charge in [-0.25, -0.2) is 0 Å². The van der Waals surface area contributed by atoms with E-state index in [1.54, 1.807) is 0 Å². The lowest BCUT2D eigenvalue weighted by molar-refractivity contribution is 0.102. The average molecular weight is 334 g/mol. The van der Waals surface area contributed by atoms with Gasteiger partial charge in [0.1, 0.15) is 5.75 Å². The third kappa shape index (κ3) is 3.61. The van der Waals surface area contributed by atoms with Gasteiger partial charge in [0.25, 0.3) is 5.91 Å². The molecule has 0 aliphatic carbocycles. The van der Waals surface area contributed by atoms with Gasteiger partial charge in [0.05, 0.1) is 6.61 Å². The highest BCUT2D eigenvalue weighted by atomic mass is 79.9. The molecule has 1 amide bonds. The summed E-state index contributed by atoms with van der Waals surface area (Å²) in [6, 6.07) is 14.9. The largest absolute Gasteiger partial charge is 0.494 e. The molecule has 0 fully saturated rings. The Morgan fingerprint density at radius 2 is 2.00 bits per heavy atom. The standard InChI is InChI=1S/C16H16BrNO2/c1-2-20-14-8-5-7-13(10-14)18-16(19)15-9-4-3-6-12(15)11-17/h3-10H,2,11H2,1H3,(H,18,19). The number of benzene rings is 2. The van der Waals surface area contributed by atoms with E-state index in [0.29, 0.717) is 17.5 Å². The van der Waals surface area contributed by atoms with Crippen LogP contribution in [0.2, 0.25) is 0 Å². The third-order valence-corrected chi connectivity index (χ3v) is 3.41. The van der Waals surface area contributed by atoms with E-state index in [1.165, 1.54) is 0 Å². The lowest BCUT2D eigenvalue weighted by atomic mass is 10.1. The SMILES string of the molecule is CCOc1cccc(NC(=O)c2ccccc2CBr)c1. The molecule has 2 aromatic carbocycles. The zero-order valence-corrected chi connectivity index (χ0v) is 12.8.